The molecule has 3 aromatic rings. The number of benzene rings is 3. The third-order valence-corrected chi connectivity index (χ3v) is 5.97. The number of hydrogen-bond donors (Lipinski definition) is 2. The number of carbonyl (C=O) groups excluding carboxylic acids is 3. The molecule has 0 aliphatic carbocycles. The average Bonchev–Trinajstić information content (AvgIpc) is 3.32. The van der Waals surface area contributed by atoms with Crippen molar-refractivity contribution in [3.8, 4) is 11.5 Å². The Morgan fingerprint density at radius 3 is 2.19 bits per heavy atom. The minimum Gasteiger partial charge on any atom is -0.497 e. The van der Waals surface area contributed by atoms with Crippen molar-refractivity contribution < 1.29 is 23.9 Å². The van der Waals surface area contributed by atoms with Crippen LogP contribution in [-0.4, -0.2) is 38.0 Å². The highest BCUT2D eigenvalue weighted by molar-refractivity contribution is 6.00. The second-order valence-corrected chi connectivity index (χ2v) is 8.52. The summed E-state index contributed by atoms with van der Waals surface area (Å²) in [4.78, 5) is 38.9. The number of rotatable bonds is 10. The van der Waals surface area contributed by atoms with Crippen molar-refractivity contribution >= 4 is 23.4 Å². The minimum atomic E-state index is -0.417. The van der Waals surface area contributed by atoms with Gasteiger partial charge in [0, 0.05) is 31.7 Å². The summed E-state index contributed by atoms with van der Waals surface area (Å²) in [6.45, 7) is 1.03. The maximum absolute atomic E-state index is 12.6. The van der Waals surface area contributed by atoms with Gasteiger partial charge in [-0.2, -0.15) is 0 Å². The van der Waals surface area contributed by atoms with E-state index in [-0.39, 0.29) is 30.7 Å². The predicted octanol–water partition coefficient (Wildman–Crippen LogP) is 3.06. The Kier molecular flexibility index (Phi) is 8.18. The Labute approximate surface area is 210 Å². The zero-order valence-electron chi connectivity index (χ0n) is 20.1. The van der Waals surface area contributed by atoms with Gasteiger partial charge in [-0.05, 0) is 47.5 Å². The standard InChI is InChI=1S/C28H29N3O5/c1-35-24-11-7-21(8-12-24)17-30-28(34)22-15-27(33)31(18-22)23-9-13-25(14-10-23)36-19-26(32)29-16-20-5-3-2-4-6-20/h2-14,22H,15-19H2,1H3,(H,29,32)(H,30,34)/t22-/m1/s1. The van der Waals surface area contributed by atoms with Crippen LogP contribution in [0.5, 0.6) is 11.5 Å². The van der Waals surface area contributed by atoms with Gasteiger partial charge in [-0.3, -0.25) is 14.4 Å². The van der Waals surface area contributed by atoms with E-state index in [0.29, 0.717) is 31.1 Å². The molecule has 1 fully saturated rings. The van der Waals surface area contributed by atoms with Crippen LogP contribution in [0, 0.1) is 5.92 Å². The number of ether oxygens (including phenoxy) is 2. The molecule has 8 heteroatoms. The molecule has 1 aliphatic rings. The lowest BCUT2D eigenvalue weighted by molar-refractivity contribution is -0.126. The molecule has 2 N–H and O–H groups in total. The lowest BCUT2D eigenvalue weighted by atomic mass is 10.1. The molecule has 0 aromatic heterocycles. The van der Waals surface area contributed by atoms with E-state index in [1.54, 1.807) is 36.3 Å². The van der Waals surface area contributed by atoms with Crippen LogP contribution in [0.15, 0.2) is 78.9 Å². The molecule has 186 valence electrons. The molecular formula is C28H29N3O5. The van der Waals surface area contributed by atoms with Gasteiger partial charge in [-0.15, -0.1) is 0 Å². The number of amides is 3. The van der Waals surface area contributed by atoms with Crippen LogP contribution in [-0.2, 0) is 27.5 Å². The molecule has 1 heterocycles. The van der Waals surface area contributed by atoms with Gasteiger partial charge in [0.15, 0.2) is 6.61 Å². The lowest BCUT2D eigenvalue weighted by Crippen LogP contribution is -2.32. The normalized spacial score (nSPS) is 14.9. The van der Waals surface area contributed by atoms with Gasteiger partial charge in [0.05, 0.1) is 13.0 Å². The first-order chi connectivity index (χ1) is 17.5. The summed E-state index contributed by atoms with van der Waals surface area (Å²) < 4.78 is 10.7. The zero-order chi connectivity index (χ0) is 25.3. The second kappa shape index (κ2) is 11.9. The summed E-state index contributed by atoms with van der Waals surface area (Å²) >= 11 is 0. The van der Waals surface area contributed by atoms with Crippen molar-refractivity contribution in [1.82, 2.24) is 10.6 Å². The molecule has 3 amide bonds. The third kappa shape index (κ3) is 6.63. The SMILES string of the molecule is COc1ccc(CNC(=O)[C@@H]2CC(=O)N(c3ccc(OCC(=O)NCc4ccccc4)cc3)C2)cc1. The quantitative estimate of drug-likeness (QED) is 0.458. The fraction of sp³-hybridized carbons (Fsp3) is 0.250. The fourth-order valence-corrected chi connectivity index (χ4v) is 3.93. The summed E-state index contributed by atoms with van der Waals surface area (Å²) in [5.41, 5.74) is 2.65. The molecule has 4 rings (SSSR count). The number of hydrogen-bond acceptors (Lipinski definition) is 5. The maximum atomic E-state index is 12.6. The summed E-state index contributed by atoms with van der Waals surface area (Å²) in [5.74, 6) is 0.386. The average molecular weight is 488 g/mol. The highest BCUT2D eigenvalue weighted by Crippen LogP contribution is 2.27. The van der Waals surface area contributed by atoms with E-state index in [0.717, 1.165) is 16.9 Å². The molecule has 0 saturated carbocycles. The van der Waals surface area contributed by atoms with Crippen LogP contribution in [0.25, 0.3) is 0 Å². The smallest absolute Gasteiger partial charge is 0.258 e. The molecular weight excluding hydrogens is 458 g/mol. The number of nitrogens with one attached hydrogen (secondary N) is 2. The molecule has 0 unspecified atom stereocenters. The molecule has 1 aliphatic heterocycles. The summed E-state index contributed by atoms with van der Waals surface area (Å²) in [6.07, 6.45) is 0.161. The number of anilines is 1. The number of carbonyl (C=O) groups is 3. The van der Waals surface area contributed by atoms with Crippen LogP contribution < -0.4 is 25.0 Å². The second-order valence-electron chi connectivity index (χ2n) is 8.52. The monoisotopic (exact) mass is 487 g/mol. The zero-order valence-corrected chi connectivity index (χ0v) is 20.1. The van der Waals surface area contributed by atoms with E-state index in [4.69, 9.17) is 9.47 Å². The maximum Gasteiger partial charge on any atom is 0.258 e. The first kappa shape index (κ1) is 24.8. The predicted molar refractivity (Wildman–Crippen MR) is 136 cm³/mol. The largest absolute Gasteiger partial charge is 0.497 e. The van der Waals surface area contributed by atoms with Crippen LogP contribution in [0.2, 0.25) is 0 Å². The van der Waals surface area contributed by atoms with E-state index in [1.165, 1.54) is 0 Å². The number of methoxy groups -OCH3 is 1. The van der Waals surface area contributed by atoms with Crippen LogP contribution in [0.4, 0.5) is 5.69 Å². The molecule has 1 saturated heterocycles. The van der Waals surface area contributed by atoms with Crippen LogP contribution in [0.3, 0.4) is 0 Å². The number of nitrogens with zero attached hydrogens (tertiary/aromatic N) is 1. The molecule has 0 radical (unpaired) electrons. The van der Waals surface area contributed by atoms with Crippen molar-refractivity contribution in [3.05, 3.63) is 90.0 Å². The van der Waals surface area contributed by atoms with Crippen LogP contribution >= 0.6 is 0 Å². The molecule has 0 bridgehead atoms. The Bertz CT molecular complexity index is 1180. The van der Waals surface area contributed by atoms with Gasteiger partial charge in [0.2, 0.25) is 11.8 Å². The van der Waals surface area contributed by atoms with Crippen molar-refractivity contribution in [2.45, 2.75) is 19.5 Å². The Hall–Kier alpha value is -4.33. The lowest BCUT2D eigenvalue weighted by Gasteiger charge is -2.17. The van der Waals surface area contributed by atoms with Crippen molar-refractivity contribution in [2.75, 3.05) is 25.2 Å². The van der Waals surface area contributed by atoms with E-state index in [2.05, 4.69) is 10.6 Å². The van der Waals surface area contributed by atoms with E-state index in [1.807, 2.05) is 54.6 Å². The topological polar surface area (TPSA) is 97.0 Å². The summed E-state index contributed by atoms with van der Waals surface area (Å²) in [7, 11) is 1.60. The Morgan fingerprint density at radius 2 is 1.50 bits per heavy atom. The summed E-state index contributed by atoms with van der Waals surface area (Å²) in [5, 5.41) is 5.72. The van der Waals surface area contributed by atoms with Crippen molar-refractivity contribution in [3.63, 3.8) is 0 Å². The van der Waals surface area contributed by atoms with Gasteiger partial charge in [0.25, 0.3) is 5.91 Å². The van der Waals surface area contributed by atoms with E-state index < -0.39 is 5.92 Å². The van der Waals surface area contributed by atoms with Crippen molar-refractivity contribution in [2.24, 2.45) is 5.92 Å². The van der Waals surface area contributed by atoms with Gasteiger partial charge in [-0.1, -0.05) is 42.5 Å². The van der Waals surface area contributed by atoms with E-state index in [9.17, 15) is 14.4 Å². The van der Waals surface area contributed by atoms with Gasteiger partial charge in [-0.25, -0.2) is 0 Å². The summed E-state index contributed by atoms with van der Waals surface area (Å²) in [6, 6.07) is 24.0. The van der Waals surface area contributed by atoms with E-state index >= 15 is 0 Å². The first-order valence-corrected chi connectivity index (χ1v) is 11.8. The van der Waals surface area contributed by atoms with Crippen molar-refractivity contribution in [1.29, 1.82) is 0 Å². The molecule has 3 aromatic carbocycles. The van der Waals surface area contributed by atoms with Gasteiger partial charge in [0.1, 0.15) is 11.5 Å². The highest BCUT2D eigenvalue weighted by atomic mass is 16.5. The molecule has 8 nitrogen and oxygen atoms in total. The minimum absolute atomic E-state index is 0.103. The first-order valence-electron chi connectivity index (χ1n) is 11.8. The Morgan fingerprint density at radius 1 is 0.861 bits per heavy atom. The highest BCUT2D eigenvalue weighted by Gasteiger charge is 2.35. The molecule has 1 atom stereocenters. The molecule has 36 heavy (non-hydrogen) atoms. The van der Waals surface area contributed by atoms with Crippen LogP contribution in [0.1, 0.15) is 17.5 Å². The fourth-order valence-electron chi connectivity index (χ4n) is 3.93. The van der Waals surface area contributed by atoms with Gasteiger partial charge < -0.3 is 25.0 Å². The molecule has 0 spiro atoms. The van der Waals surface area contributed by atoms with Gasteiger partial charge >= 0.3 is 0 Å². The third-order valence-electron chi connectivity index (χ3n) is 5.97. The Balaban J connectivity index is 1.23.